The van der Waals surface area contributed by atoms with Gasteiger partial charge in [-0.05, 0) is 19.0 Å². The number of hydrogen-bond acceptors (Lipinski definition) is 1. The zero-order chi connectivity index (χ0) is 12.1. The second-order valence-corrected chi connectivity index (χ2v) is 4.39. The summed E-state index contributed by atoms with van der Waals surface area (Å²) in [4.78, 5) is 0. The van der Waals surface area contributed by atoms with E-state index in [1.807, 2.05) is 7.05 Å². The molecule has 0 heterocycles. The molecule has 1 atom stereocenters. The van der Waals surface area contributed by atoms with Crippen LogP contribution in [0.3, 0.4) is 0 Å². The van der Waals surface area contributed by atoms with E-state index in [4.69, 9.17) is 11.6 Å². The van der Waals surface area contributed by atoms with Crippen LogP contribution >= 0.6 is 11.6 Å². The predicted molar refractivity (Wildman–Crippen MR) is 67.3 cm³/mol. The first-order valence-corrected chi connectivity index (χ1v) is 6.14. The first kappa shape index (κ1) is 13.5. The molecule has 0 saturated heterocycles. The molecule has 1 rings (SSSR count). The molecule has 0 bridgehead atoms. The first-order chi connectivity index (χ1) is 7.65. The molecule has 0 fully saturated rings. The van der Waals surface area contributed by atoms with Crippen LogP contribution in [0.2, 0.25) is 5.02 Å². The third-order valence-electron chi connectivity index (χ3n) is 3.15. The monoisotopic (exact) mass is 243 g/mol. The Hall–Kier alpha value is -0.600. The van der Waals surface area contributed by atoms with Gasteiger partial charge in [0, 0.05) is 11.6 Å². The zero-order valence-electron chi connectivity index (χ0n) is 10.1. The van der Waals surface area contributed by atoms with E-state index in [0.29, 0.717) is 11.5 Å². The molecule has 0 aliphatic heterocycles. The van der Waals surface area contributed by atoms with Gasteiger partial charge >= 0.3 is 0 Å². The normalized spacial score (nSPS) is 13.1. The summed E-state index contributed by atoms with van der Waals surface area (Å²) in [6.45, 7) is 4.25. The summed E-state index contributed by atoms with van der Waals surface area (Å²) in [6, 6.07) is 5.22. The molecular formula is C13H19ClFN. The molecule has 1 N–H and O–H groups in total. The van der Waals surface area contributed by atoms with Crippen LogP contribution in [0.25, 0.3) is 0 Å². The SMILES string of the molecule is CCC(CC)C(NC)c1cccc(Cl)c1F. The molecule has 90 valence electrons. The summed E-state index contributed by atoms with van der Waals surface area (Å²) in [5.74, 6) is 0.133. The fourth-order valence-corrected chi connectivity index (χ4v) is 2.35. The lowest BCUT2D eigenvalue weighted by atomic mass is 9.89. The van der Waals surface area contributed by atoms with Crippen molar-refractivity contribution in [1.82, 2.24) is 5.32 Å². The Labute approximate surface area is 102 Å². The highest BCUT2D eigenvalue weighted by atomic mass is 35.5. The molecule has 0 aromatic heterocycles. The average molecular weight is 244 g/mol. The zero-order valence-corrected chi connectivity index (χ0v) is 10.8. The molecular weight excluding hydrogens is 225 g/mol. The van der Waals surface area contributed by atoms with Crippen molar-refractivity contribution in [2.45, 2.75) is 32.7 Å². The maximum absolute atomic E-state index is 13.9. The summed E-state index contributed by atoms with van der Waals surface area (Å²) < 4.78 is 13.9. The van der Waals surface area contributed by atoms with Crippen LogP contribution in [0.15, 0.2) is 18.2 Å². The Balaban J connectivity index is 3.07. The van der Waals surface area contributed by atoms with E-state index < -0.39 is 0 Å². The molecule has 0 spiro atoms. The third kappa shape index (κ3) is 2.74. The van der Waals surface area contributed by atoms with Gasteiger partial charge < -0.3 is 5.32 Å². The van der Waals surface area contributed by atoms with Gasteiger partial charge in [-0.25, -0.2) is 4.39 Å². The van der Waals surface area contributed by atoms with Crippen molar-refractivity contribution in [3.05, 3.63) is 34.6 Å². The number of nitrogens with one attached hydrogen (secondary N) is 1. The highest BCUT2D eigenvalue weighted by Gasteiger charge is 2.22. The van der Waals surface area contributed by atoms with Gasteiger partial charge in [-0.15, -0.1) is 0 Å². The van der Waals surface area contributed by atoms with E-state index in [1.165, 1.54) is 0 Å². The molecule has 0 radical (unpaired) electrons. The minimum Gasteiger partial charge on any atom is -0.313 e. The van der Waals surface area contributed by atoms with Crippen molar-refractivity contribution in [2.75, 3.05) is 7.05 Å². The van der Waals surface area contributed by atoms with Gasteiger partial charge in [-0.1, -0.05) is 50.4 Å². The average Bonchev–Trinajstić information content (AvgIpc) is 2.30. The van der Waals surface area contributed by atoms with Crippen molar-refractivity contribution < 1.29 is 4.39 Å². The predicted octanol–water partition coefficient (Wildman–Crippen LogP) is 4.18. The maximum Gasteiger partial charge on any atom is 0.146 e. The Morgan fingerprint density at radius 2 is 1.94 bits per heavy atom. The van der Waals surface area contributed by atoms with E-state index >= 15 is 0 Å². The lowest BCUT2D eigenvalue weighted by Crippen LogP contribution is -2.25. The molecule has 1 aromatic carbocycles. The van der Waals surface area contributed by atoms with Crippen LogP contribution in [0, 0.1) is 11.7 Å². The van der Waals surface area contributed by atoms with Crippen molar-refractivity contribution >= 4 is 11.6 Å². The first-order valence-electron chi connectivity index (χ1n) is 5.76. The molecule has 0 aliphatic carbocycles. The molecule has 0 saturated carbocycles. The number of rotatable bonds is 5. The Bertz CT molecular complexity index is 337. The Kier molecular flexibility index (Phi) is 5.23. The van der Waals surface area contributed by atoms with Crippen LogP contribution in [0.1, 0.15) is 38.3 Å². The van der Waals surface area contributed by atoms with Gasteiger partial charge in [0.1, 0.15) is 5.82 Å². The van der Waals surface area contributed by atoms with Gasteiger partial charge in [0.15, 0.2) is 0 Å². The highest BCUT2D eigenvalue weighted by Crippen LogP contribution is 2.31. The second kappa shape index (κ2) is 6.21. The van der Waals surface area contributed by atoms with E-state index in [1.54, 1.807) is 18.2 Å². The van der Waals surface area contributed by atoms with Crippen molar-refractivity contribution in [3.63, 3.8) is 0 Å². The van der Waals surface area contributed by atoms with Crippen LogP contribution in [-0.4, -0.2) is 7.05 Å². The van der Waals surface area contributed by atoms with Crippen LogP contribution in [0.4, 0.5) is 4.39 Å². The van der Waals surface area contributed by atoms with Crippen molar-refractivity contribution in [2.24, 2.45) is 5.92 Å². The Morgan fingerprint density at radius 1 is 1.31 bits per heavy atom. The molecule has 0 aliphatic rings. The van der Waals surface area contributed by atoms with E-state index in [-0.39, 0.29) is 16.9 Å². The molecule has 1 nitrogen and oxygen atoms in total. The lowest BCUT2D eigenvalue weighted by Gasteiger charge is -2.25. The fraction of sp³-hybridized carbons (Fsp3) is 0.538. The Morgan fingerprint density at radius 3 is 2.44 bits per heavy atom. The highest BCUT2D eigenvalue weighted by molar-refractivity contribution is 6.30. The molecule has 3 heteroatoms. The van der Waals surface area contributed by atoms with E-state index in [9.17, 15) is 4.39 Å². The van der Waals surface area contributed by atoms with Gasteiger partial charge in [0.25, 0.3) is 0 Å². The summed E-state index contributed by atoms with van der Waals surface area (Å²) in [7, 11) is 1.86. The van der Waals surface area contributed by atoms with Crippen LogP contribution in [0.5, 0.6) is 0 Å². The summed E-state index contributed by atoms with van der Waals surface area (Å²) in [5, 5.41) is 3.39. The standard InChI is InChI=1S/C13H19ClFN/c1-4-9(5-2)13(16-3)10-7-6-8-11(14)12(10)15/h6-9,13,16H,4-5H2,1-3H3. The number of benzene rings is 1. The third-order valence-corrected chi connectivity index (χ3v) is 3.44. The minimum absolute atomic E-state index is 0.0358. The van der Waals surface area contributed by atoms with Crippen molar-refractivity contribution in [1.29, 1.82) is 0 Å². The largest absolute Gasteiger partial charge is 0.313 e. The minimum atomic E-state index is -0.296. The van der Waals surface area contributed by atoms with Crippen LogP contribution < -0.4 is 5.32 Å². The van der Waals surface area contributed by atoms with Crippen LogP contribution in [-0.2, 0) is 0 Å². The molecule has 1 unspecified atom stereocenters. The summed E-state index contributed by atoms with van der Waals surface area (Å²) in [6.07, 6.45) is 2.04. The maximum atomic E-state index is 13.9. The summed E-state index contributed by atoms with van der Waals surface area (Å²) >= 11 is 5.80. The topological polar surface area (TPSA) is 12.0 Å². The number of halogens is 2. The lowest BCUT2D eigenvalue weighted by molar-refractivity contribution is 0.350. The van der Waals surface area contributed by atoms with Gasteiger partial charge in [0.2, 0.25) is 0 Å². The van der Waals surface area contributed by atoms with Gasteiger partial charge in [-0.3, -0.25) is 0 Å². The molecule has 0 amide bonds. The molecule has 16 heavy (non-hydrogen) atoms. The quantitative estimate of drug-likeness (QED) is 0.818. The van der Waals surface area contributed by atoms with Crippen molar-refractivity contribution in [3.8, 4) is 0 Å². The van der Waals surface area contributed by atoms with E-state index in [2.05, 4.69) is 19.2 Å². The smallest absolute Gasteiger partial charge is 0.146 e. The van der Waals surface area contributed by atoms with Gasteiger partial charge in [0.05, 0.1) is 5.02 Å². The van der Waals surface area contributed by atoms with Gasteiger partial charge in [-0.2, -0.15) is 0 Å². The molecule has 1 aromatic rings. The second-order valence-electron chi connectivity index (χ2n) is 3.99. The van der Waals surface area contributed by atoms with E-state index in [0.717, 1.165) is 12.8 Å². The fourth-order valence-electron chi connectivity index (χ4n) is 2.17. The summed E-state index contributed by atoms with van der Waals surface area (Å²) in [5.41, 5.74) is 0.670. The number of hydrogen-bond donors (Lipinski definition) is 1.